The highest BCUT2D eigenvalue weighted by Crippen LogP contribution is 2.29. The molecule has 0 aliphatic heterocycles. The third-order valence-corrected chi connectivity index (χ3v) is 4.89. The summed E-state index contributed by atoms with van der Waals surface area (Å²) in [6.45, 7) is 5.37. The van der Waals surface area contributed by atoms with E-state index in [1.807, 2.05) is 11.8 Å². The molecule has 0 spiro atoms. The molecule has 0 aliphatic rings. The summed E-state index contributed by atoms with van der Waals surface area (Å²) in [6, 6.07) is 4.19. The van der Waals surface area contributed by atoms with Crippen molar-refractivity contribution in [2.24, 2.45) is 0 Å². The summed E-state index contributed by atoms with van der Waals surface area (Å²) in [7, 11) is 0. The Labute approximate surface area is 129 Å². The first kappa shape index (κ1) is 15.4. The fraction of sp³-hybridized carbons (Fsp3) is 0.533. The average molecular weight is 308 g/mol. The Bertz CT molecular complexity index is 525. The van der Waals surface area contributed by atoms with Gasteiger partial charge in [0.1, 0.15) is 17.3 Å². The Morgan fingerprint density at radius 1 is 1.20 bits per heavy atom. The second-order valence-corrected chi connectivity index (χ2v) is 6.36. The molecular weight excluding hydrogens is 286 g/mol. The number of thioether (sulfide) groups is 1. The quantitative estimate of drug-likeness (QED) is 0.416. The average Bonchev–Trinajstić information content (AvgIpc) is 2.95. The molecule has 0 fully saturated rings. The van der Waals surface area contributed by atoms with Crippen molar-refractivity contribution in [3.05, 3.63) is 24.5 Å². The van der Waals surface area contributed by atoms with Crippen LogP contribution in [0.5, 0.6) is 0 Å². The molecule has 0 N–H and O–H groups in total. The molecular formula is C15H22N3S2+. The van der Waals surface area contributed by atoms with E-state index in [9.17, 15) is 0 Å². The van der Waals surface area contributed by atoms with Crippen LogP contribution in [0.15, 0.2) is 29.6 Å². The fourth-order valence-corrected chi connectivity index (χ4v) is 3.69. The Kier molecular flexibility index (Phi) is 6.47. The Hall–Kier alpha value is -0.940. The van der Waals surface area contributed by atoms with Crippen LogP contribution in [0.4, 0.5) is 0 Å². The van der Waals surface area contributed by atoms with Gasteiger partial charge in [0, 0.05) is 6.07 Å². The normalized spacial score (nSPS) is 10.9. The van der Waals surface area contributed by atoms with Gasteiger partial charge in [-0.1, -0.05) is 26.2 Å². The summed E-state index contributed by atoms with van der Waals surface area (Å²) in [6.07, 6.45) is 9.43. The molecule has 108 valence electrons. The maximum absolute atomic E-state index is 4.47. The van der Waals surface area contributed by atoms with Crippen LogP contribution in [-0.4, -0.2) is 14.5 Å². The van der Waals surface area contributed by atoms with Crippen LogP contribution in [0.3, 0.4) is 0 Å². The summed E-state index contributed by atoms with van der Waals surface area (Å²) < 4.78 is 11.1. The van der Waals surface area contributed by atoms with Crippen LogP contribution < -0.4 is 4.57 Å². The number of unbranched alkanes of at least 4 members (excludes halogenated alkanes) is 3. The largest absolute Gasteiger partial charge is 0.205 e. The molecule has 2 rings (SSSR count). The molecule has 0 aromatic carbocycles. The lowest BCUT2D eigenvalue weighted by molar-refractivity contribution is -0.693. The highest BCUT2D eigenvalue weighted by Gasteiger charge is 2.13. The minimum Gasteiger partial charge on any atom is -0.205 e. The Morgan fingerprint density at radius 2 is 2.10 bits per heavy atom. The van der Waals surface area contributed by atoms with Gasteiger partial charge in [-0.25, -0.2) is 4.57 Å². The zero-order valence-corrected chi connectivity index (χ0v) is 13.8. The predicted octanol–water partition coefficient (Wildman–Crippen LogP) is 4.18. The first-order valence-corrected chi connectivity index (χ1v) is 9.01. The highest BCUT2D eigenvalue weighted by atomic mass is 32.2. The molecule has 2 heterocycles. The zero-order valence-electron chi connectivity index (χ0n) is 12.2. The minimum atomic E-state index is 0.977. The fourth-order valence-electron chi connectivity index (χ4n) is 2.01. The topological polar surface area (TPSA) is 29.7 Å². The molecule has 5 heteroatoms. The summed E-state index contributed by atoms with van der Waals surface area (Å²) in [4.78, 5) is 0. The molecule has 0 atom stereocenters. The molecule has 0 amide bonds. The Morgan fingerprint density at radius 3 is 2.90 bits per heavy atom. The molecule has 0 saturated carbocycles. The first-order chi connectivity index (χ1) is 9.85. The maximum Gasteiger partial charge on any atom is 0.178 e. The predicted molar refractivity (Wildman–Crippen MR) is 86.1 cm³/mol. The van der Waals surface area contributed by atoms with Crippen molar-refractivity contribution in [2.45, 2.75) is 51.1 Å². The van der Waals surface area contributed by atoms with Crippen molar-refractivity contribution in [1.82, 2.24) is 8.75 Å². The number of hydrogen-bond donors (Lipinski definition) is 0. The van der Waals surface area contributed by atoms with Crippen molar-refractivity contribution in [2.75, 3.05) is 5.75 Å². The van der Waals surface area contributed by atoms with Crippen molar-refractivity contribution in [1.29, 1.82) is 0 Å². The lowest BCUT2D eigenvalue weighted by atomic mass is 10.2. The number of aromatic nitrogens is 3. The van der Waals surface area contributed by atoms with Crippen molar-refractivity contribution >= 4 is 23.5 Å². The molecule has 3 nitrogen and oxygen atoms in total. The van der Waals surface area contributed by atoms with E-state index in [1.165, 1.54) is 43.0 Å². The SMILES string of the molecule is CCCCCCSc1nsnc1-c1ccc[n+](CC)c1. The molecule has 2 aromatic rings. The van der Waals surface area contributed by atoms with Crippen LogP contribution >= 0.6 is 23.5 Å². The lowest BCUT2D eigenvalue weighted by Gasteiger charge is -2.01. The number of rotatable bonds is 8. The summed E-state index contributed by atoms with van der Waals surface area (Å²) >= 11 is 3.15. The van der Waals surface area contributed by atoms with E-state index < -0.39 is 0 Å². The van der Waals surface area contributed by atoms with E-state index in [4.69, 9.17) is 0 Å². The molecule has 0 aliphatic carbocycles. The number of hydrogen-bond acceptors (Lipinski definition) is 4. The third-order valence-electron chi connectivity index (χ3n) is 3.19. The van der Waals surface area contributed by atoms with Crippen molar-refractivity contribution < 1.29 is 4.57 Å². The van der Waals surface area contributed by atoms with E-state index in [1.54, 1.807) is 0 Å². The summed E-state index contributed by atoms with van der Waals surface area (Å²) in [5.41, 5.74) is 2.21. The summed E-state index contributed by atoms with van der Waals surface area (Å²) in [5.74, 6) is 1.14. The monoisotopic (exact) mass is 308 g/mol. The van der Waals surface area contributed by atoms with Gasteiger partial charge in [-0.3, -0.25) is 0 Å². The van der Waals surface area contributed by atoms with Crippen LogP contribution in [0, 0.1) is 0 Å². The van der Waals surface area contributed by atoms with Crippen molar-refractivity contribution in [3.63, 3.8) is 0 Å². The molecule has 20 heavy (non-hydrogen) atoms. The zero-order chi connectivity index (χ0) is 14.2. The van der Waals surface area contributed by atoms with E-state index in [0.29, 0.717) is 0 Å². The van der Waals surface area contributed by atoms with Gasteiger partial charge >= 0.3 is 0 Å². The summed E-state index contributed by atoms with van der Waals surface area (Å²) in [5, 5.41) is 1.08. The number of nitrogens with zero attached hydrogens (tertiary/aromatic N) is 3. The number of pyridine rings is 1. The van der Waals surface area contributed by atoms with Gasteiger partial charge in [-0.2, -0.15) is 8.75 Å². The smallest absolute Gasteiger partial charge is 0.178 e. The van der Waals surface area contributed by atoms with E-state index in [2.05, 4.69) is 51.7 Å². The lowest BCUT2D eigenvalue weighted by Crippen LogP contribution is -2.30. The molecule has 0 unspecified atom stereocenters. The molecule has 2 aromatic heterocycles. The van der Waals surface area contributed by atoms with Gasteiger partial charge in [0.05, 0.1) is 17.3 Å². The Balaban J connectivity index is 2.00. The van der Waals surface area contributed by atoms with E-state index in [0.717, 1.165) is 23.0 Å². The van der Waals surface area contributed by atoms with Gasteiger partial charge in [0.2, 0.25) is 0 Å². The van der Waals surface area contributed by atoms with Crippen LogP contribution in [0.2, 0.25) is 0 Å². The minimum absolute atomic E-state index is 0.977. The van der Waals surface area contributed by atoms with E-state index in [-0.39, 0.29) is 0 Å². The van der Waals surface area contributed by atoms with Crippen molar-refractivity contribution in [3.8, 4) is 11.3 Å². The first-order valence-electron chi connectivity index (χ1n) is 7.30. The van der Waals surface area contributed by atoms with Crippen LogP contribution in [0.1, 0.15) is 39.5 Å². The van der Waals surface area contributed by atoms with Gasteiger partial charge in [-0.05, 0) is 25.2 Å². The molecule has 0 saturated heterocycles. The maximum atomic E-state index is 4.47. The van der Waals surface area contributed by atoms with Gasteiger partial charge in [0.15, 0.2) is 12.4 Å². The van der Waals surface area contributed by atoms with Gasteiger partial charge in [0.25, 0.3) is 0 Å². The second kappa shape index (κ2) is 8.37. The molecule has 0 radical (unpaired) electrons. The van der Waals surface area contributed by atoms with Crippen LogP contribution in [0.25, 0.3) is 11.3 Å². The molecule has 0 bridgehead atoms. The second-order valence-electron chi connectivity index (χ2n) is 4.75. The van der Waals surface area contributed by atoms with Gasteiger partial charge < -0.3 is 0 Å². The van der Waals surface area contributed by atoms with Crippen LogP contribution in [-0.2, 0) is 6.54 Å². The number of aryl methyl sites for hydroxylation is 1. The highest BCUT2D eigenvalue weighted by molar-refractivity contribution is 7.99. The standard InChI is InChI=1S/C15H22N3S2/c1-3-5-6-7-11-19-15-14(16-20-17-15)13-9-8-10-18(4-2)12-13/h8-10,12H,3-7,11H2,1-2H3/q+1. The third kappa shape index (κ3) is 4.28. The van der Waals surface area contributed by atoms with E-state index >= 15 is 0 Å². The van der Waals surface area contributed by atoms with Gasteiger partial charge in [-0.15, -0.1) is 11.8 Å².